The zero-order valence-electron chi connectivity index (χ0n) is 12.5. The maximum atomic E-state index is 9.46. The molecule has 0 spiro atoms. The second kappa shape index (κ2) is 6.23. The van der Waals surface area contributed by atoms with Crippen LogP contribution in [0.3, 0.4) is 0 Å². The molecule has 0 radical (unpaired) electrons. The zero-order chi connectivity index (χ0) is 16.4. The second-order valence-electron chi connectivity index (χ2n) is 5.31. The van der Waals surface area contributed by atoms with Crippen molar-refractivity contribution in [3.8, 4) is 28.5 Å². The average Bonchev–Trinajstić information content (AvgIpc) is 2.54. The molecule has 0 amide bonds. The summed E-state index contributed by atoms with van der Waals surface area (Å²) < 4.78 is 0.969. The standard InChI is InChI=1S/C19H14BrN3/c1-12-4-2-5-13(8-12)16-10-18(23-19(22)17(16)11-21)14-6-3-7-15(20)9-14/h2-10H,1H3,(H2,22,23). The lowest BCUT2D eigenvalue weighted by Gasteiger charge is -2.11. The van der Waals surface area contributed by atoms with Crippen molar-refractivity contribution in [1.29, 1.82) is 5.26 Å². The highest BCUT2D eigenvalue weighted by atomic mass is 79.9. The van der Waals surface area contributed by atoms with E-state index in [1.165, 1.54) is 0 Å². The molecule has 0 saturated heterocycles. The number of aromatic nitrogens is 1. The zero-order valence-corrected chi connectivity index (χ0v) is 14.1. The Morgan fingerprint density at radius 1 is 1.04 bits per heavy atom. The van der Waals surface area contributed by atoms with E-state index < -0.39 is 0 Å². The molecule has 1 heterocycles. The van der Waals surface area contributed by atoms with Gasteiger partial charge in [-0.05, 0) is 30.7 Å². The first-order chi connectivity index (χ1) is 11.1. The van der Waals surface area contributed by atoms with Crippen molar-refractivity contribution in [2.75, 3.05) is 5.73 Å². The van der Waals surface area contributed by atoms with Crippen molar-refractivity contribution >= 4 is 21.7 Å². The third-order valence-electron chi connectivity index (χ3n) is 3.61. The van der Waals surface area contributed by atoms with Crippen LogP contribution in [0.2, 0.25) is 0 Å². The first-order valence-electron chi connectivity index (χ1n) is 7.12. The Hall–Kier alpha value is -2.64. The van der Waals surface area contributed by atoms with E-state index in [0.717, 1.165) is 32.4 Å². The normalized spacial score (nSPS) is 10.3. The number of nitrogens with two attached hydrogens (primary N) is 1. The molecule has 3 nitrogen and oxygen atoms in total. The lowest BCUT2D eigenvalue weighted by atomic mass is 9.97. The summed E-state index contributed by atoms with van der Waals surface area (Å²) in [5.41, 5.74) is 11.0. The molecule has 0 bridgehead atoms. The van der Waals surface area contributed by atoms with E-state index >= 15 is 0 Å². The Morgan fingerprint density at radius 2 is 1.78 bits per heavy atom. The fourth-order valence-electron chi connectivity index (χ4n) is 2.52. The highest BCUT2D eigenvalue weighted by Crippen LogP contribution is 2.32. The van der Waals surface area contributed by atoms with Crippen molar-refractivity contribution in [2.45, 2.75) is 6.92 Å². The highest BCUT2D eigenvalue weighted by molar-refractivity contribution is 9.10. The van der Waals surface area contributed by atoms with Crippen LogP contribution in [0.15, 0.2) is 59.1 Å². The van der Waals surface area contributed by atoms with E-state index in [1.54, 1.807) is 0 Å². The van der Waals surface area contributed by atoms with E-state index in [2.05, 4.69) is 27.0 Å². The Kier molecular flexibility index (Phi) is 4.14. The molecule has 23 heavy (non-hydrogen) atoms. The summed E-state index contributed by atoms with van der Waals surface area (Å²) in [6.45, 7) is 2.02. The van der Waals surface area contributed by atoms with Crippen LogP contribution >= 0.6 is 15.9 Å². The molecule has 3 aromatic rings. The molecule has 0 fully saturated rings. The summed E-state index contributed by atoms with van der Waals surface area (Å²) in [5.74, 6) is 0.251. The van der Waals surface area contributed by atoms with Gasteiger partial charge in [0.25, 0.3) is 0 Å². The first kappa shape index (κ1) is 15.3. The Balaban J connectivity index is 2.25. The summed E-state index contributed by atoms with van der Waals surface area (Å²) in [6, 6.07) is 20.0. The summed E-state index contributed by atoms with van der Waals surface area (Å²) in [6.07, 6.45) is 0. The molecule has 2 N–H and O–H groups in total. The van der Waals surface area contributed by atoms with E-state index in [-0.39, 0.29) is 5.82 Å². The van der Waals surface area contributed by atoms with Crippen LogP contribution in [0.1, 0.15) is 11.1 Å². The van der Waals surface area contributed by atoms with E-state index in [9.17, 15) is 5.26 Å². The van der Waals surface area contributed by atoms with Gasteiger partial charge in [-0.1, -0.05) is 57.9 Å². The minimum Gasteiger partial charge on any atom is -0.383 e. The van der Waals surface area contributed by atoms with E-state index in [1.807, 2.05) is 61.5 Å². The number of hydrogen-bond donors (Lipinski definition) is 1. The fraction of sp³-hybridized carbons (Fsp3) is 0.0526. The maximum absolute atomic E-state index is 9.46. The van der Waals surface area contributed by atoms with Crippen molar-refractivity contribution < 1.29 is 0 Å². The molecule has 0 aliphatic heterocycles. The predicted molar refractivity (Wildman–Crippen MR) is 96.7 cm³/mol. The van der Waals surface area contributed by atoms with Gasteiger partial charge in [-0.25, -0.2) is 4.98 Å². The summed E-state index contributed by atoms with van der Waals surface area (Å²) in [4.78, 5) is 4.40. The van der Waals surface area contributed by atoms with Crippen LogP contribution in [0, 0.1) is 18.3 Å². The van der Waals surface area contributed by atoms with Gasteiger partial charge in [-0.2, -0.15) is 5.26 Å². The van der Waals surface area contributed by atoms with Gasteiger partial charge >= 0.3 is 0 Å². The molecule has 2 aromatic carbocycles. The van der Waals surface area contributed by atoms with Crippen molar-refractivity contribution in [1.82, 2.24) is 4.98 Å². The molecule has 0 saturated carbocycles. The van der Waals surface area contributed by atoms with Crippen LogP contribution < -0.4 is 5.73 Å². The number of nitrogen functional groups attached to an aromatic ring is 1. The van der Waals surface area contributed by atoms with Gasteiger partial charge in [-0.15, -0.1) is 0 Å². The largest absolute Gasteiger partial charge is 0.383 e. The van der Waals surface area contributed by atoms with Crippen molar-refractivity contribution in [2.24, 2.45) is 0 Å². The smallest absolute Gasteiger partial charge is 0.142 e. The number of hydrogen-bond acceptors (Lipinski definition) is 3. The Morgan fingerprint density at radius 3 is 2.48 bits per heavy atom. The second-order valence-corrected chi connectivity index (χ2v) is 6.22. The number of nitrogens with zero attached hydrogens (tertiary/aromatic N) is 2. The Labute approximate surface area is 143 Å². The Bertz CT molecular complexity index is 926. The maximum Gasteiger partial charge on any atom is 0.142 e. The number of rotatable bonds is 2. The van der Waals surface area contributed by atoms with Gasteiger partial charge < -0.3 is 5.73 Å². The molecular weight excluding hydrogens is 350 g/mol. The van der Waals surface area contributed by atoms with Gasteiger partial charge in [0.2, 0.25) is 0 Å². The molecule has 0 atom stereocenters. The number of anilines is 1. The fourth-order valence-corrected chi connectivity index (χ4v) is 2.92. The molecule has 0 aliphatic rings. The lowest BCUT2D eigenvalue weighted by Crippen LogP contribution is -1.99. The highest BCUT2D eigenvalue weighted by Gasteiger charge is 2.13. The first-order valence-corrected chi connectivity index (χ1v) is 7.91. The number of halogens is 1. The van der Waals surface area contributed by atoms with Gasteiger partial charge in [0, 0.05) is 15.6 Å². The molecule has 4 heteroatoms. The molecule has 1 aromatic heterocycles. The quantitative estimate of drug-likeness (QED) is 0.701. The molecule has 3 rings (SSSR count). The summed E-state index contributed by atoms with van der Waals surface area (Å²) in [5, 5.41) is 9.46. The molecular formula is C19H14BrN3. The minimum absolute atomic E-state index is 0.251. The predicted octanol–water partition coefficient (Wildman–Crippen LogP) is 4.94. The van der Waals surface area contributed by atoms with Crippen molar-refractivity contribution in [3.05, 3.63) is 70.2 Å². The SMILES string of the molecule is Cc1cccc(-c2cc(-c3cccc(Br)c3)nc(N)c2C#N)c1. The van der Waals surface area contributed by atoms with Crippen LogP contribution in [-0.4, -0.2) is 4.98 Å². The minimum atomic E-state index is 0.251. The van der Waals surface area contributed by atoms with Crippen LogP contribution in [0.4, 0.5) is 5.82 Å². The lowest BCUT2D eigenvalue weighted by molar-refractivity contribution is 1.30. The van der Waals surface area contributed by atoms with Crippen LogP contribution in [0.25, 0.3) is 22.4 Å². The van der Waals surface area contributed by atoms with Crippen LogP contribution in [-0.2, 0) is 0 Å². The van der Waals surface area contributed by atoms with Gasteiger partial charge in [0.15, 0.2) is 0 Å². The molecule has 112 valence electrons. The third kappa shape index (κ3) is 3.10. The summed E-state index contributed by atoms with van der Waals surface area (Å²) >= 11 is 3.47. The molecule has 0 unspecified atom stereocenters. The van der Waals surface area contributed by atoms with E-state index in [4.69, 9.17) is 5.73 Å². The monoisotopic (exact) mass is 363 g/mol. The van der Waals surface area contributed by atoms with E-state index in [0.29, 0.717) is 5.56 Å². The summed E-state index contributed by atoms with van der Waals surface area (Å²) in [7, 11) is 0. The molecule has 0 aliphatic carbocycles. The van der Waals surface area contributed by atoms with Gasteiger partial charge in [0.05, 0.1) is 5.69 Å². The van der Waals surface area contributed by atoms with Gasteiger partial charge in [0.1, 0.15) is 17.5 Å². The number of aryl methyl sites for hydroxylation is 1. The number of benzene rings is 2. The topological polar surface area (TPSA) is 62.7 Å². The average molecular weight is 364 g/mol. The van der Waals surface area contributed by atoms with Gasteiger partial charge in [-0.3, -0.25) is 0 Å². The van der Waals surface area contributed by atoms with Crippen LogP contribution in [0.5, 0.6) is 0 Å². The third-order valence-corrected chi connectivity index (χ3v) is 4.10. The number of nitriles is 1. The van der Waals surface area contributed by atoms with Crippen molar-refractivity contribution in [3.63, 3.8) is 0 Å². The number of pyridine rings is 1.